The van der Waals surface area contributed by atoms with Gasteiger partial charge in [0.2, 0.25) is 0 Å². The van der Waals surface area contributed by atoms with Gasteiger partial charge < -0.3 is 0 Å². The van der Waals surface area contributed by atoms with Crippen molar-refractivity contribution < 1.29 is 13.6 Å². The average Bonchev–Trinajstić information content (AvgIpc) is 2.28. The maximum Gasteiger partial charge on any atom is 0.264 e. The molecule has 0 spiro atoms. The molecule has 80 valence electrons. The van der Waals surface area contributed by atoms with Gasteiger partial charge in [0.05, 0.1) is 4.90 Å². The number of rotatable bonds is 3. The molecule has 0 saturated heterocycles. The van der Waals surface area contributed by atoms with E-state index in [9.17, 15) is 13.6 Å². The van der Waals surface area contributed by atoms with E-state index in [0.717, 1.165) is 0 Å². The first-order chi connectivity index (χ1) is 7.02. The van der Waals surface area contributed by atoms with E-state index in [-0.39, 0.29) is 15.9 Å². The standard InChI is InChI=1S/C10H11NO3S/c1-3-9-5-7-10(8-6-9)15(13,14)11(12)4-2/h1,5-8,12H,4H2,2H3. The van der Waals surface area contributed by atoms with E-state index in [1.165, 1.54) is 31.2 Å². The first-order valence-corrected chi connectivity index (χ1v) is 5.74. The maximum atomic E-state index is 11.6. The summed E-state index contributed by atoms with van der Waals surface area (Å²) in [6, 6.07) is 5.75. The Morgan fingerprint density at radius 3 is 2.33 bits per heavy atom. The summed E-state index contributed by atoms with van der Waals surface area (Å²) in [6.45, 7) is 1.53. The normalized spacial score (nSPS) is 11.3. The average molecular weight is 225 g/mol. The Kier molecular flexibility index (Phi) is 3.48. The van der Waals surface area contributed by atoms with Crippen LogP contribution >= 0.6 is 0 Å². The first kappa shape index (κ1) is 11.7. The summed E-state index contributed by atoms with van der Waals surface area (Å²) in [6.07, 6.45) is 5.14. The van der Waals surface area contributed by atoms with Crippen LogP contribution in [0.4, 0.5) is 0 Å². The fourth-order valence-corrected chi connectivity index (χ4v) is 2.08. The van der Waals surface area contributed by atoms with Crippen molar-refractivity contribution in [3.63, 3.8) is 0 Å². The molecular weight excluding hydrogens is 214 g/mol. The van der Waals surface area contributed by atoms with Gasteiger partial charge in [-0.15, -0.1) is 6.42 Å². The van der Waals surface area contributed by atoms with Crippen LogP contribution in [0.15, 0.2) is 29.2 Å². The summed E-state index contributed by atoms with van der Waals surface area (Å²) in [5.74, 6) is 2.38. The molecule has 0 saturated carbocycles. The van der Waals surface area contributed by atoms with Crippen LogP contribution in [-0.2, 0) is 10.0 Å². The molecule has 0 aliphatic heterocycles. The van der Waals surface area contributed by atoms with Crippen molar-refractivity contribution in [2.75, 3.05) is 6.54 Å². The lowest BCUT2D eigenvalue weighted by molar-refractivity contribution is 0.00857. The molecule has 0 heterocycles. The number of nitrogens with zero attached hydrogens (tertiary/aromatic N) is 1. The minimum absolute atomic E-state index is 0.000770. The zero-order chi connectivity index (χ0) is 11.5. The van der Waals surface area contributed by atoms with Gasteiger partial charge in [0.1, 0.15) is 0 Å². The molecule has 0 fully saturated rings. The second-order valence-electron chi connectivity index (χ2n) is 2.81. The summed E-state index contributed by atoms with van der Waals surface area (Å²) in [4.78, 5) is 0.0193. The third-order valence-electron chi connectivity index (χ3n) is 1.87. The Morgan fingerprint density at radius 2 is 1.93 bits per heavy atom. The predicted molar refractivity (Wildman–Crippen MR) is 55.7 cm³/mol. The summed E-state index contributed by atoms with van der Waals surface area (Å²) in [5, 5.41) is 9.17. The number of terminal acetylenes is 1. The van der Waals surface area contributed by atoms with Crippen molar-refractivity contribution in [1.82, 2.24) is 4.47 Å². The SMILES string of the molecule is C#Cc1ccc(S(=O)(=O)N(O)CC)cc1. The van der Waals surface area contributed by atoms with Crippen LogP contribution < -0.4 is 0 Å². The smallest absolute Gasteiger partial charge is 0.264 e. The number of sulfonamides is 1. The molecule has 0 radical (unpaired) electrons. The van der Waals surface area contributed by atoms with E-state index >= 15 is 0 Å². The molecule has 0 unspecified atom stereocenters. The summed E-state index contributed by atoms with van der Waals surface area (Å²) >= 11 is 0. The molecule has 4 nitrogen and oxygen atoms in total. The van der Waals surface area contributed by atoms with Crippen LogP contribution in [0.2, 0.25) is 0 Å². The molecule has 5 heteroatoms. The first-order valence-electron chi connectivity index (χ1n) is 4.30. The second-order valence-corrected chi connectivity index (χ2v) is 4.66. The van der Waals surface area contributed by atoms with Gasteiger partial charge in [0.25, 0.3) is 10.0 Å². The summed E-state index contributed by atoms with van der Waals surface area (Å²) in [7, 11) is -3.79. The lowest BCUT2D eigenvalue weighted by Crippen LogP contribution is -2.27. The Morgan fingerprint density at radius 1 is 1.40 bits per heavy atom. The summed E-state index contributed by atoms with van der Waals surface area (Å²) < 4.78 is 23.5. The van der Waals surface area contributed by atoms with Gasteiger partial charge >= 0.3 is 0 Å². The molecule has 1 aromatic carbocycles. The quantitative estimate of drug-likeness (QED) is 0.618. The van der Waals surface area contributed by atoms with Crippen molar-refractivity contribution in [2.24, 2.45) is 0 Å². The molecular formula is C10H11NO3S. The Bertz CT molecular complexity index is 470. The molecule has 1 aromatic rings. The number of hydrogen-bond donors (Lipinski definition) is 1. The number of benzene rings is 1. The van der Waals surface area contributed by atoms with Crippen LogP contribution in [0.5, 0.6) is 0 Å². The Balaban J connectivity index is 3.13. The maximum absolute atomic E-state index is 11.6. The molecule has 0 aromatic heterocycles. The molecule has 0 aliphatic carbocycles. The molecule has 15 heavy (non-hydrogen) atoms. The minimum Gasteiger partial charge on any atom is -0.299 e. The zero-order valence-corrected chi connectivity index (χ0v) is 9.03. The zero-order valence-electron chi connectivity index (χ0n) is 8.21. The van der Waals surface area contributed by atoms with Gasteiger partial charge in [-0.3, -0.25) is 5.21 Å². The lowest BCUT2D eigenvalue weighted by Gasteiger charge is -2.12. The Hall–Kier alpha value is -1.35. The van der Waals surface area contributed by atoms with E-state index in [2.05, 4.69) is 5.92 Å². The van der Waals surface area contributed by atoms with Crippen LogP contribution in [-0.4, -0.2) is 24.6 Å². The largest absolute Gasteiger partial charge is 0.299 e. The third-order valence-corrected chi connectivity index (χ3v) is 3.55. The fourth-order valence-electron chi connectivity index (χ4n) is 1.01. The van der Waals surface area contributed by atoms with E-state index in [1.807, 2.05) is 0 Å². The molecule has 0 amide bonds. The number of hydrogen-bond acceptors (Lipinski definition) is 3. The van der Waals surface area contributed by atoms with Crippen molar-refractivity contribution in [3.05, 3.63) is 29.8 Å². The topological polar surface area (TPSA) is 57.6 Å². The van der Waals surface area contributed by atoms with Gasteiger partial charge in [0.15, 0.2) is 0 Å². The van der Waals surface area contributed by atoms with Gasteiger partial charge in [-0.25, -0.2) is 8.42 Å². The lowest BCUT2D eigenvalue weighted by atomic mass is 10.2. The molecule has 0 bridgehead atoms. The minimum atomic E-state index is -3.79. The van der Waals surface area contributed by atoms with Crippen LogP contribution in [0.25, 0.3) is 0 Å². The highest BCUT2D eigenvalue weighted by Crippen LogP contribution is 2.14. The van der Waals surface area contributed by atoms with E-state index in [1.54, 1.807) is 0 Å². The van der Waals surface area contributed by atoms with Gasteiger partial charge in [-0.2, -0.15) is 0 Å². The van der Waals surface area contributed by atoms with Gasteiger partial charge in [-0.1, -0.05) is 10.4 Å². The van der Waals surface area contributed by atoms with E-state index in [4.69, 9.17) is 6.42 Å². The van der Waals surface area contributed by atoms with Crippen molar-refractivity contribution in [1.29, 1.82) is 0 Å². The van der Waals surface area contributed by atoms with Crippen LogP contribution in [0.1, 0.15) is 12.5 Å². The van der Waals surface area contributed by atoms with Gasteiger partial charge in [-0.05, 0) is 31.2 Å². The second kappa shape index (κ2) is 4.45. The highest BCUT2D eigenvalue weighted by atomic mass is 32.2. The third kappa shape index (κ3) is 2.36. The van der Waals surface area contributed by atoms with E-state index in [0.29, 0.717) is 5.56 Å². The fraction of sp³-hybridized carbons (Fsp3) is 0.200. The highest BCUT2D eigenvalue weighted by Gasteiger charge is 2.20. The summed E-state index contributed by atoms with van der Waals surface area (Å²) in [5.41, 5.74) is 0.593. The van der Waals surface area contributed by atoms with Gasteiger partial charge in [0, 0.05) is 12.1 Å². The van der Waals surface area contributed by atoms with Crippen molar-refractivity contribution >= 4 is 10.0 Å². The van der Waals surface area contributed by atoms with Crippen LogP contribution in [0.3, 0.4) is 0 Å². The molecule has 0 atom stereocenters. The molecule has 1 N–H and O–H groups in total. The van der Waals surface area contributed by atoms with Crippen molar-refractivity contribution in [2.45, 2.75) is 11.8 Å². The molecule has 1 rings (SSSR count). The monoisotopic (exact) mass is 225 g/mol. The Labute approximate surface area is 89.2 Å². The number of hydroxylamine groups is 1. The van der Waals surface area contributed by atoms with Crippen molar-refractivity contribution in [3.8, 4) is 12.3 Å². The van der Waals surface area contributed by atoms with E-state index < -0.39 is 10.0 Å². The highest BCUT2D eigenvalue weighted by molar-refractivity contribution is 7.89. The predicted octanol–water partition coefficient (Wildman–Crippen LogP) is 1.07. The molecule has 0 aliphatic rings. The van der Waals surface area contributed by atoms with Crippen LogP contribution in [0, 0.1) is 12.3 Å².